The smallest absolute Gasteiger partial charge is 0.427 e. The lowest BCUT2D eigenvalue weighted by molar-refractivity contribution is -0.296. The molecule has 4 rings (SSSR count). The van der Waals surface area contributed by atoms with Gasteiger partial charge in [-0.25, -0.2) is 0 Å². The summed E-state index contributed by atoms with van der Waals surface area (Å²) in [5, 5.41) is 0. The topological polar surface area (TPSA) is 27.7 Å². The Morgan fingerprint density at radius 1 is 1.00 bits per heavy atom. The molecule has 0 unspecified atom stereocenters. The quantitative estimate of drug-likeness (QED) is 0.750. The fourth-order valence-corrected chi connectivity index (χ4v) is 3.88. The minimum atomic E-state index is -4.49. The molecule has 0 aromatic heterocycles. The molecule has 1 spiro atoms. The van der Waals surface area contributed by atoms with E-state index in [1.807, 2.05) is 0 Å². The average molecular weight is 346 g/mol. The van der Waals surface area contributed by atoms with E-state index >= 15 is 0 Å². The van der Waals surface area contributed by atoms with E-state index in [1.54, 1.807) is 6.07 Å². The summed E-state index contributed by atoms with van der Waals surface area (Å²) in [5.74, 6) is -4.94. The van der Waals surface area contributed by atoms with Crippen LogP contribution in [0.4, 0.5) is 17.6 Å². The molecule has 2 fully saturated rings. The van der Waals surface area contributed by atoms with Crippen molar-refractivity contribution in [3.8, 4) is 5.75 Å². The number of alkyl halides is 4. The maximum absolute atomic E-state index is 13.8. The highest BCUT2D eigenvalue weighted by atomic mass is 19.3. The second kappa shape index (κ2) is 5.33. The summed E-state index contributed by atoms with van der Waals surface area (Å²) >= 11 is 0. The summed E-state index contributed by atoms with van der Waals surface area (Å²) in [4.78, 5) is 0. The maximum atomic E-state index is 13.8. The summed E-state index contributed by atoms with van der Waals surface area (Å²) in [5.41, 5.74) is -0.307. The zero-order valence-electron chi connectivity index (χ0n) is 13.0. The molecule has 1 aromatic carbocycles. The number of halogens is 4. The molecule has 1 aromatic rings. The molecule has 2 aliphatic heterocycles. The average Bonchev–Trinajstić information content (AvgIpc) is 3.05. The third-order valence-corrected chi connectivity index (χ3v) is 5.22. The van der Waals surface area contributed by atoms with Gasteiger partial charge in [0.05, 0.1) is 18.8 Å². The van der Waals surface area contributed by atoms with Gasteiger partial charge in [0.25, 0.3) is 0 Å². The van der Waals surface area contributed by atoms with Crippen LogP contribution in [0, 0.1) is 5.92 Å². The van der Waals surface area contributed by atoms with E-state index in [0.29, 0.717) is 25.2 Å². The molecule has 1 saturated carbocycles. The Hall–Kier alpha value is -1.34. The monoisotopic (exact) mass is 346 g/mol. The summed E-state index contributed by atoms with van der Waals surface area (Å²) in [6.07, 6.45) is -0.981. The third kappa shape index (κ3) is 2.40. The van der Waals surface area contributed by atoms with Crippen LogP contribution < -0.4 is 4.74 Å². The van der Waals surface area contributed by atoms with Crippen LogP contribution in [0.5, 0.6) is 5.75 Å². The van der Waals surface area contributed by atoms with Crippen LogP contribution in [0.25, 0.3) is 0 Å². The van der Waals surface area contributed by atoms with Crippen molar-refractivity contribution in [3.63, 3.8) is 0 Å². The van der Waals surface area contributed by atoms with E-state index < -0.39 is 23.4 Å². The van der Waals surface area contributed by atoms with Gasteiger partial charge in [0.1, 0.15) is 5.75 Å². The molecule has 0 amide bonds. The highest BCUT2D eigenvalue weighted by Crippen LogP contribution is 2.54. The van der Waals surface area contributed by atoms with Crippen LogP contribution in [0.3, 0.4) is 0 Å². The predicted molar refractivity (Wildman–Crippen MR) is 76.2 cm³/mol. The molecule has 0 N–H and O–H groups in total. The number of benzene rings is 1. The molecule has 24 heavy (non-hydrogen) atoms. The number of fused-ring (bicyclic) bond motifs is 1. The van der Waals surface area contributed by atoms with Gasteiger partial charge in [0.2, 0.25) is 0 Å². The minimum Gasteiger partial charge on any atom is -0.427 e. The number of rotatable bonds is 2. The first kappa shape index (κ1) is 16.1. The Bertz CT molecular complexity index is 631. The SMILES string of the molecule is FC1(F)Oc2c(CC3CCC4(CC3)OCCO4)cccc2C1(F)F. The Kier molecular flexibility index (Phi) is 3.58. The normalized spacial score (nSPS) is 27.2. The van der Waals surface area contributed by atoms with Gasteiger partial charge in [-0.2, -0.15) is 17.6 Å². The fraction of sp³-hybridized carbons (Fsp3) is 0.647. The number of para-hydroxylation sites is 1. The molecule has 1 aliphatic carbocycles. The van der Waals surface area contributed by atoms with E-state index in [9.17, 15) is 17.6 Å². The zero-order chi connectivity index (χ0) is 17.0. The lowest BCUT2D eigenvalue weighted by Gasteiger charge is -2.35. The minimum absolute atomic E-state index is 0.210. The molecular weight excluding hydrogens is 328 g/mol. The summed E-state index contributed by atoms with van der Waals surface area (Å²) < 4.78 is 70.1. The fourth-order valence-electron chi connectivity index (χ4n) is 3.88. The van der Waals surface area contributed by atoms with Crippen molar-refractivity contribution in [2.75, 3.05) is 13.2 Å². The van der Waals surface area contributed by atoms with Crippen LogP contribution in [0.15, 0.2) is 18.2 Å². The molecule has 2 heterocycles. The van der Waals surface area contributed by atoms with E-state index in [2.05, 4.69) is 4.74 Å². The van der Waals surface area contributed by atoms with Gasteiger partial charge >= 0.3 is 12.0 Å². The highest BCUT2D eigenvalue weighted by molar-refractivity contribution is 5.48. The predicted octanol–water partition coefficient (Wildman–Crippen LogP) is 4.24. The van der Waals surface area contributed by atoms with Crippen LogP contribution in [-0.4, -0.2) is 25.1 Å². The molecule has 0 radical (unpaired) electrons. The molecule has 7 heteroatoms. The van der Waals surface area contributed by atoms with Crippen LogP contribution in [0.2, 0.25) is 0 Å². The molecule has 1 saturated heterocycles. The van der Waals surface area contributed by atoms with Gasteiger partial charge in [-0.1, -0.05) is 12.1 Å². The van der Waals surface area contributed by atoms with E-state index in [1.165, 1.54) is 6.07 Å². The van der Waals surface area contributed by atoms with Crippen molar-refractivity contribution in [3.05, 3.63) is 29.3 Å². The molecule has 132 valence electrons. The standard InChI is InChI=1S/C17H18F4O3/c18-16(19)13-3-1-2-12(14(13)24-17(16,20)21)10-11-4-6-15(7-5-11)22-8-9-23-15/h1-3,11H,4-10H2. The van der Waals surface area contributed by atoms with Gasteiger partial charge < -0.3 is 14.2 Å². The van der Waals surface area contributed by atoms with Crippen molar-refractivity contribution in [1.29, 1.82) is 0 Å². The Morgan fingerprint density at radius 2 is 1.67 bits per heavy atom. The first-order valence-corrected chi connectivity index (χ1v) is 8.18. The maximum Gasteiger partial charge on any atom is 0.469 e. The molecule has 3 nitrogen and oxygen atoms in total. The first-order chi connectivity index (χ1) is 11.3. The summed E-state index contributed by atoms with van der Waals surface area (Å²) in [6.45, 7) is 1.18. The first-order valence-electron chi connectivity index (χ1n) is 8.18. The zero-order valence-corrected chi connectivity index (χ0v) is 13.0. The van der Waals surface area contributed by atoms with E-state index in [-0.39, 0.29) is 11.7 Å². The Morgan fingerprint density at radius 3 is 2.33 bits per heavy atom. The third-order valence-electron chi connectivity index (χ3n) is 5.22. The van der Waals surface area contributed by atoms with Gasteiger partial charge in [0, 0.05) is 12.8 Å². The largest absolute Gasteiger partial charge is 0.469 e. The highest BCUT2D eigenvalue weighted by Gasteiger charge is 2.67. The van der Waals surface area contributed by atoms with Gasteiger partial charge in [0.15, 0.2) is 5.79 Å². The van der Waals surface area contributed by atoms with Crippen molar-refractivity contribution in [2.24, 2.45) is 5.92 Å². The second-order valence-corrected chi connectivity index (χ2v) is 6.74. The molecular formula is C17H18F4O3. The lowest BCUT2D eigenvalue weighted by Crippen LogP contribution is -2.37. The van der Waals surface area contributed by atoms with Crippen molar-refractivity contribution < 1.29 is 31.8 Å². The van der Waals surface area contributed by atoms with Crippen molar-refractivity contribution in [1.82, 2.24) is 0 Å². The number of hydrogen-bond acceptors (Lipinski definition) is 3. The van der Waals surface area contributed by atoms with Crippen LogP contribution in [-0.2, 0) is 21.8 Å². The Balaban J connectivity index is 1.51. The summed E-state index contributed by atoms with van der Waals surface area (Å²) in [7, 11) is 0. The summed E-state index contributed by atoms with van der Waals surface area (Å²) in [6, 6.07) is 3.99. The van der Waals surface area contributed by atoms with E-state index in [4.69, 9.17) is 9.47 Å². The Labute approximate surface area is 136 Å². The van der Waals surface area contributed by atoms with Crippen molar-refractivity contribution in [2.45, 2.75) is 49.9 Å². The van der Waals surface area contributed by atoms with Gasteiger partial charge in [-0.05, 0) is 36.8 Å². The number of hydrogen-bond donors (Lipinski definition) is 0. The molecule has 3 aliphatic rings. The van der Waals surface area contributed by atoms with Crippen molar-refractivity contribution >= 4 is 0 Å². The lowest BCUT2D eigenvalue weighted by atomic mass is 9.81. The number of ether oxygens (including phenoxy) is 3. The van der Waals surface area contributed by atoms with Gasteiger partial charge in [-0.15, -0.1) is 0 Å². The molecule has 0 atom stereocenters. The molecule has 0 bridgehead atoms. The van der Waals surface area contributed by atoms with E-state index in [0.717, 1.165) is 31.7 Å². The van der Waals surface area contributed by atoms with Gasteiger partial charge in [-0.3, -0.25) is 0 Å². The van der Waals surface area contributed by atoms with Crippen LogP contribution >= 0.6 is 0 Å². The van der Waals surface area contributed by atoms with Crippen LogP contribution in [0.1, 0.15) is 36.8 Å². The second-order valence-electron chi connectivity index (χ2n) is 6.74.